The molecular weight excluding hydrogens is 148 g/mol. The fourth-order valence-corrected chi connectivity index (χ4v) is 0. The van der Waals surface area contributed by atoms with Crippen molar-refractivity contribution in [2.45, 2.75) is 13.3 Å². The Morgan fingerprint density at radius 1 is 1.50 bits per heavy atom. The molecule has 0 spiro atoms. The zero-order chi connectivity index (χ0) is 8.57. The molecule has 0 aliphatic heterocycles. The van der Waals surface area contributed by atoms with Crippen LogP contribution in [0.4, 0.5) is 17.6 Å². The first kappa shape index (κ1) is 11.9. The molecule has 0 aromatic rings. The average Bonchev–Trinajstić information content (AvgIpc) is 1.89. The second-order valence-corrected chi connectivity index (χ2v) is 1.27. The smallest absolute Gasteiger partial charge is 0.213 e. The first-order valence-corrected chi connectivity index (χ1v) is 2.37. The van der Waals surface area contributed by atoms with Gasteiger partial charge in [0.15, 0.2) is 0 Å². The van der Waals surface area contributed by atoms with Gasteiger partial charge in [-0.15, -0.1) is 0 Å². The molecule has 60 valence electrons. The minimum atomic E-state index is -2.35. The van der Waals surface area contributed by atoms with E-state index in [0.29, 0.717) is 6.08 Å². The molecule has 0 bridgehead atoms. The van der Waals surface area contributed by atoms with E-state index < -0.39 is 12.3 Å². The molecule has 10 heavy (non-hydrogen) atoms. The first-order valence-electron chi connectivity index (χ1n) is 2.37. The van der Waals surface area contributed by atoms with Crippen LogP contribution < -0.4 is 0 Å². The van der Waals surface area contributed by atoms with Crippen molar-refractivity contribution < 1.29 is 17.6 Å². The SMILES string of the molecule is C=CC(F)F.CC(F)=CF. The highest BCUT2D eigenvalue weighted by Gasteiger charge is 1.85. The van der Waals surface area contributed by atoms with Crippen molar-refractivity contribution in [3.8, 4) is 0 Å². The number of hydrogen-bond acceptors (Lipinski definition) is 0. The van der Waals surface area contributed by atoms with Crippen LogP contribution in [0.1, 0.15) is 6.92 Å². The van der Waals surface area contributed by atoms with Crippen molar-refractivity contribution >= 4 is 0 Å². The van der Waals surface area contributed by atoms with Gasteiger partial charge in [-0.05, 0) is 13.0 Å². The normalized spacial score (nSPS) is 10.4. The first-order chi connectivity index (χ1) is 4.54. The lowest BCUT2D eigenvalue weighted by Gasteiger charge is -1.75. The molecule has 0 N–H and O–H groups in total. The summed E-state index contributed by atoms with van der Waals surface area (Å²) in [7, 11) is 0. The summed E-state index contributed by atoms with van der Waals surface area (Å²) in [4.78, 5) is 0. The summed E-state index contributed by atoms with van der Waals surface area (Å²) in [5.41, 5.74) is 0. The Balaban J connectivity index is 0. The van der Waals surface area contributed by atoms with Crippen LogP contribution in [-0.2, 0) is 0 Å². The van der Waals surface area contributed by atoms with Gasteiger partial charge in [-0.2, -0.15) is 0 Å². The van der Waals surface area contributed by atoms with Gasteiger partial charge in [0.05, 0.1) is 0 Å². The maximum Gasteiger partial charge on any atom is 0.256 e. The molecule has 4 heteroatoms. The van der Waals surface area contributed by atoms with Gasteiger partial charge < -0.3 is 0 Å². The Hall–Kier alpha value is -0.800. The van der Waals surface area contributed by atoms with Crippen LogP contribution in [0.25, 0.3) is 0 Å². The molecule has 0 aromatic heterocycles. The monoisotopic (exact) mass is 156 g/mol. The van der Waals surface area contributed by atoms with Crippen LogP contribution in [0.2, 0.25) is 0 Å². The van der Waals surface area contributed by atoms with E-state index >= 15 is 0 Å². The minimum Gasteiger partial charge on any atom is -0.213 e. The Kier molecular flexibility index (Phi) is 9.79. The largest absolute Gasteiger partial charge is 0.256 e. The maximum atomic E-state index is 10.9. The maximum absolute atomic E-state index is 10.9. The number of allylic oxidation sites excluding steroid dienone is 2. The third kappa shape index (κ3) is 27.0. The van der Waals surface area contributed by atoms with E-state index in [9.17, 15) is 17.6 Å². The van der Waals surface area contributed by atoms with Crippen LogP contribution in [0.15, 0.2) is 24.8 Å². The number of hydrogen-bond donors (Lipinski definition) is 0. The fraction of sp³-hybridized carbons (Fsp3) is 0.333. The van der Waals surface area contributed by atoms with Gasteiger partial charge in [0, 0.05) is 0 Å². The molecule has 0 nitrogen and oxygen atoms in total. The predicted octanol–water partition coefficient (Wildman–Crippen LogP) is 3.22. The highest BCUT2D eigenvalue weighted by Crippen LogP contribution is 1.89. The van der Waals surface area contributed by atoms with Crippen LogP contribution in [0.3, 0.4) is 0 Å². The van der Waals surface area contributed by atoms with Gasteiger partial charge in [0.1, 0.15) is 12.2 Å². The Labute approximate surface area is 56.9 Å². The van der Waals surface area contributed by atoms with Gasteiger partial charge in [0.25, 0.3) is 6.43 Å². The lowest BCUT2D eigenvalue weighted by molar-refractivity contribution is 0.204. The van der Waals surface area contributed by atoms with E-state index in [2.05, 4.69) is 6.58 Å². The van der Waals surface area contributed by atoms with Crippen molar-refractivity contribution in [2.24, 2.45) is 0 Å². The van der Waals surface area contributed by atoms with Crippen molar-refractivity contribution in [3.05, 3.63) is 24.8 Å². The summed E-state index contributed by atoms with van der Waals surface area (Å²) in [5.74, 6) is -0.787. The molecule has 0 amide bonds. The molecule has 0 aromatic carbocycles. The Morgan fingerprint density at radius 2 is 1.70 bits per heavy atom. The molecule has 0 aliphatic carbocycles. The highest BCUT2D eigenvalue weighted by atomic mass is 19.3. The van der Waals surface area contributed by atoms with Gasteiger partial charge in [0.2, 0.25) is 0 Å². The van der Waals surface area contributed by atoms with E-state index in [1.165, 1.54) is 0 Å². The molecule has 0 heterocycles. The molecule has 0 unspecified atom stereocenters. The molecule has 0 saturated carbocycles. The summed E-state index contributed by atoms with van der Waals surface area (Å²) in [6.45, 7) is 3.85. The van der Waals surface area contributed by atoms with Crippen molar-refractivity contribution in [1.29, 1.82) is 0 Å². The van der Waals surface area contributed by atoms with E-state index in [1.54, 1.807) is 0 Å². The zero-order valence-electron chi connectivity index (χ0n) is 5.45. The van der Waals surface area contributed by atoms with Gasteiger partial charge >= 0.3 is 0 Å². The predicted molar refractivity (Wildman–Crippen MR) is 32.2 cm³/mol. The van der Waals surface area contributed by atoms with Crippen LogP contribution >= 0.6 is 0 Å². The molecule has 0 radical (unpaired) electrons. The van der Waals surface area contributed by atoms with Crippen LogP contribution in [-0.4, -0.2) is 6.43 Å². The summed E-state index contributed by atoms with van der Waals surface area (Å²) in [5, 5.41) is 0. The summed E-state index contributed by atoms with van der Waals surface area (Å²) in [6.07, 6.45) is -1.85. The lowest BCUT2D eigenvalue weighted by atomic mass is 10.7. The summed E-state index contributed by atoms with van der Waals surface area (Å²) >= 11 is 0. The zero-order valence-corrected chi connectivity index (χ0v) is 5.45. The second-order valence-electron chi connectivity index (χ2n) is 1.27. The second kappa shape index (κ2) is 8.20. The van der Waals surface area contributed by atoms with E-state index in [1.807, 2.05) is 0 Å². The van der Waals surface area contributed by atoms with Gasteiger partial charge in [-0.3, -0.25) is 0 Å². The third-order valence-electron chi connectivity index (χ3n) is 0.329. The highest BCUT2D eigenvalue weighted by molar-refractivity contribution is 4.75. The number of halogens is 4. The van der Waals surface area contributed by atoms with Gasteiger partial charge in [-0.1, -0.05) is 6.58 Å². The standard InChI is InChI=1S/2C3H4F2/c1-3(5)2-4;1-2-3(4)5/h2H,1H3;2-3H,1H2. The molecule has 0 atom stereocenters. The van der Waals surface area contributed by atoms with E-state index in [0.717, 1.165) is 6.92 Å². The molecule has 0 rings (SSSR count). The molecule has 0 saturated heterocycles. The number of rotatable bonds is 1. The summed E-state index contributed by atoms with van der Waals surface area (Å²) < 4.78 is 42.8. The fourth-order valence-electron chi connectivity index (χ4n) is 0. The number of alkyl halides is 2. The van der Waals surface area contributed by atoms with Crippen LogP contribution in [0.5, 0.6) is 0 Å². The lowest BCUT2D eigenvalue weighted by Crippen LogP contribution is -1.74. The van der Waals surface area contributed by atoms with E-state index in [-0.39, 0.29) is 6.33 Å². The Bertz CT molecular complexity index is 102. The molecular formula is C6H8F4. The summed E-state index contributed by atoms with van der Waals surface area (Å²) in [6, 6.07) is 0. The molecule has 0 aliphatic rings. The topological polar surface area (TPSA) is 0 Å². The average molecular weight is 156 g/mol. The Morgan fingerprint density at radius 3 is 1.70 bits per heavy atom. The molecule has 0 fully saturated rings. The van der Waals surface area contributed by atoms with E-state index in [4.69, 9.17) is 0 Å². The van der Waals surface area contributed by atoms with Crippen molar-refractivity contribution in [2.75, 3.05) is 0 Å². The quantitative estimate of drug-likeness (QED) is 0.404. The van der Waals surface area contributed by atoms with Crippen molar-refractivity contribution in [3.63, 3.8) is 0 Å². The van der Waals surface area contributed by atoms with Crippen molar-refractivity contribution in [1.82, 2.24) is 0 Å². The minimum absolute atomic E-state index is 0.0833. The van der Waals surface area contributed by atoms with Gasteiger partial charge in [-0.25, -0.2) is 17.6 Å². The van der Waals surface area contributed by atoms with Crippen LogP contribution in [0, 0.1) is 0 Å². The third-order valence-corrected chi connectivity index (χ3v) is 0.329.